The Morgan fingerprint density at radius 1 is 0.824 bits per heavy atom. The van der Waals surface area contributed by atoms with Crippen LogP contribution in [0, 0.1) is 17.5 Å². The molecule has 0 unspecified atom stereocenters. The van der Waals surface area contributed by atoms with E-state index in [-0.39, 0.29) is 5.56 Å². The summed E-state index contributed by atoms with van der Waals surface area (Å²) in [5.74, 6) is -3.22. The van der Waals surface area contributed by atoms with Gasteiger partial charge in [-0.1, -0.05) is 12.1 Å². The van der Waals surface area contributed by atoms with Gasteiger partial charge in [-0.15, -0.1) is 0 Å². The first kappa shape index (κ1) is 11.5. The fourth-order valence-electron chi connectivity index (χ4n) is 1.51. The molecule has 0 saturated heterocycles. The summed E-state index contributed by atoms with van der Waals surface area (Å²) >= 11 is 0. The highest BCUT2D eigenvalue weighted by Crippen LogP contribution is 2.25. The summed E-state index contributed by atoms with van der Waals surface area (Å²) in [7, 11) is 1.52. The minimum Gasteiger partial charge on any atom is -0.497 e. The number of hydrogen-bond donors (Lipinski definition) is 0. The van der Waals surface area contributed by atoms with Crippen LogP contribution in [0.25, 0.3) is 11.1 Å². The molecule has 0 bridgehead atoms. The van der Waals surface area contributed by atoms with Crippen molar-refractivity contribution in [3.8, 4) is 16.9 Å². The van der Waals surface area contributed by atoms with Gasteiger partial charge in [0.05, 0.1) is 7.11 Å². The van der Waals surface area contributed by atoms with E-state index in [9.17, 15) is 13.2 Å². The van der Waals surface area contributed by atoms with Gasteiger partial charge in [0.1, 0.15) is 5.75 Å². The molecule has 0 N–H and O–H groups in total. The zero-order valence-electron chi connectivity index (χ0n) is 9.01. The normalized spacial score (nSPS) is 10.4. The van der Waals surface area contributed by atoms with Crippen molar-refractivity contribution in [1.82, 2.24) is 0 Å². The van der Waals surface area contributed by atoms with Crippen LogP contribution >= 0.6 is 0 Å². The lowest BCUT2D eigenvalue weighted by Crippen LogP contribution is -1.91. The summed E-state index contributed by atoms with van der Waals surface area (Å²) in [5, 5.41) is 0. The lowest BCUT2D eigenvalue weighted by atomic mass is 10.1. The fourth-order valence-corrected chi connectivity index (χ4v) is 1.51. The SMILES string of the molecule is COc1ccc(-c2cc(F)c(F)c(F)c2)cc1. The molecule has 0 saturated carbocycles. The maximum Gasteiger partial charge on any atom is 0.194 e. The molecule has 2 rings (SSSR count). The Labute approximate surface area is 96.5 Å². The molecule has 0 aliphatic rings. The summed E-state index contributed by atoms with van der Waals surface area (Å²) < 4.78 is 43.8. The molecule has 88 valence electrons. The molecule has 0 aromatic heterocycles. The molecule has 2 aromatic carbocycles. The Hall–Kier alpha value is -1.97. The van der Waals surface area contributed by atoms with Crippen LogP contribution in [0.1, 0.15) is 0 Å². The second-order valence-corrected chi connectivity index (χ2v) is 3.48. The Morgan fingerprint density at radius 2 is 1.35 bits per heavy atom. The van der Waals surface area contributed by atoms with Gasteiger partial charge >= 0.3 is 0 Å². The number of benzene rings is 2. The van der Waals surface area contributed by atoms with Gasteiger partial charge < -0.3 is 4.74 Å². The monoisotopic (exact) mass is 238 g/mol. The molecule has 0 atom stereocenters. The van der Waals surface area contributed by atoms with Crippen molar-refractivity contribution in [2.45, 2.75) is 0 Å². The predicted octanol–water partition coefficient (Wildman–Crippen LogP) is 3.78. The molecule has 0 heterocycles. The van der Waals surface area contributed by atoms with E-state index < -0.39 is 17.5 Å². The van der Waals surface area contributed by atoms with Gasteiger partial charge in [-0.25, -0.2) is 13.2 Å². The molecular weight excluding hydrogens is 229 g/mol. The average molecular weight is 238 g/mol. The molecule has 0 fully saturated rings. The first-order valence-corrected chi connectivity index (χ1v) is 4.91. The van der Waals surface area contributed by atoms with E-state index in [4.69, 9.17) is 4.74 Å². The Kier molecular flexibility index (Phi) is 3.04. The Morgan fingerprint density at radius 3 is 1.82 bits per heavy atom. The van der Waals surface area contributed by atoms with Crippen molar-refractivity contribution in [3.05, 3.63) is 53.8 Å². The van der Waals surface area contributed by atoms with Gasteiger partial charge in [0.25, 0.3) is 0 Å². The summed E-state index contributed by atoms with van der Waals surface area (Å²) in [6, 6.07) is 8.53. The minimum absolute atomic E-state index is 0.282. The van der Waals surface area contributed by atoms with E-state index in [1.165, 1.54) is 7.11 Å². The van der Waals surface area contributed by atoms with Gasteiger partial charge in [0.15, 0.2) is 17.5 Å². The molecule has 2 aromatic rings. The van der Waals surface area contributed by atoms with Crippen molar-refractivity contribution >= 4 is 0 Å². The summed E-state index contributed by atoms with van der Waals surface area (Å²) in [5.41, 5.74) is 0.868. The average Bonchev–Trinajstić information content (AvgIpc) is 2.35. The first-order valence-electron chi connectivity index (χ1n) is 4.91. The number of ether oxygens (including phenoxy) is 1. The summed E-state index contributed by atoms with van der Waals surface area (Å²) in [4.78, 5) is 0. The van der Waals surface area contributed by atoms with Crippen LogP contribution in [0.4, 0.5) is 13.2 Å². The quantitative estimate of drug-likeness (QED) is 0.723. The van der Waals surface area contributed by atoms with E-state index in [1.807, 2.05) is 0 Å². The third-order valence-electron chi connectivity index (χ3n) is 2.41. The van der Waals surface area contributed by atoms with Crippen LogP contribution in [0.15, 0.2) is 36.4 Å². The molecule has 0 aliphatic heterocycles. The zero-order chi connectivity index (χ0) is 12.4. The number of methoxy groups -OCH3 is 1. The van der Waals surface area contributed by atoms with Crippen molar-refractivity contribution in [2.24, 2.45) is 0 Å². The van der Waals surface area contributed by atoms with E-state index in [2.05, 4.69) is 0 Å². The minimum atomic E-state index is -1.46. The highest BCUT2D eigenvalue weighted by Gasteiger charge is 2.11. The second-order valence-electron chi connectivity index (χ2n) is 3.48. The first-order chi connectivity index (χ1) is 8.11. The summed E-state index contributed by atoms with van der Waals surface area (Å²) in [6.45, 7) is 0. The fraction of sp³-hybridized carbons (Fsp3) is 0.0769. The molecule has 0 aliphatic carbocycles. The van der Waals surface area contributed by atoms with Gasteiger partial charge in [-0.3, -0.25) is 0 Å². The van der Waals surface area contributed by atoms with Gasteiger partial charge in [0, 0.05) is 0 Å². The highest BCUT2D eigenvalue weighted by molar-refractivity contribution is 5.64. The predicted molar refractivity (Wildman–Crippen MR) is 58.3 cm³/mol. The van der Waals surface area contributed by atoms with Crippen LogP contribution < -0.4 is 4.74 Å². The summed E-state index contributed by atoms with van der Waals surface area (Å²) in [6.07, 6.45) is 0. The second kappa shape index (κ2) is 4.49. The van der Waals surface area contributed by atoms with Crippen molar-refractivity contribution in [3.63, 3.8) is 0 Å². The van der Waals surface area contributed by atoms with Crippen molar-refractivity contribution in [2.75, 3.05) is 7.11 Å². The topological polar surface area (TPSA) is 9.23 Å². The van der Waals surface area contributed by atoms with Gasteiger partial charge in [-0.05, 0) is 35.4 Å². The number of hydrogen-bond acceptors (Lipinski definition) is 1. The highest BCUT2D eigenvalue weighted by atomic mass is 19.2. The van der Waals surface area contributed by atoms with Crippen molar-refractivity contribution < 1.29 is 17.9 Å². The van der Waals surface area contributed by atoms with E-state index in [0.717, 1.165) is 12.1 Å². The van der Waals surface area contributed by atoms with Crippen LogP contribution in [0.5, 0.6) is 5.75 Å². The Bertz CT molecular complexity index is 512. The van der Waals surface area contributed by atoms with Crippen LogP contribution in [0.3, 0.4) is 0 Å². The molecular formula is C13H9F3O. The lowest BCUT2D eigenvalue weighted by molar-refractivity contribution is 0.415. The van der Waals surface area contributed by atoms with Crippen LogP contribution in [-0.2, 0) is 0 Å². The maximum absolute atomic E-state index is 13.0. The lowest BCUT2D eigenvalue weighted by Gasteiger charge is -2.05. The molecule has 0 radical (unpaired) electrons. The largest absolute Gasteiger partial charge is 0.497 e. The number of rotatable bonds is 2. The molecule has 1 nitrogen and oxygen atoms in total. The van der Waals surface area contributed by atoms with E-state index >= 15 is 0 Å². The molecule has 0 spiro atoms. The number of halogens is 3. The molecule has 4 heteroatoms. The molecule has 17 heavy (non-hydrogen) atoms. The smallest absolute Gasteiger partial charge is 0.194 e. The van der Waals surface area contributed by atoms with Crippen LogP contribution in [-0.4, -0.2) is 7.11 Å². The van der Waals surface area contributed by atoms with Gasteiger partial charge in [-0.2, -0.15) is 0 Å². The zero-order valence-corrected chi connectivity index (χ0v) is 9.01. The van der Waals surface area contributed by atoms with Crippen LogP contribution in [0.2, 0.25) is 0 Å². The van der Waals surface area contributed by atoms with Gasteiger partial charge in [0.2, 0.25) is 0 Å². The van der Waals surface area contributed by atoms with E-state index in [0.29, 0.717) is 11.3 Å². The molecule has 0 amide bonds. The Balaban J connectivity index is 2.45. The maximum atomic E-state index is 13.0. The third kappa shape index (κ3) is 2.25. The standard InChI is InChI=1S/C13H9F3O/c1-17-10-4-2-8(3-5-10)9-6-11(14)13(16)12(15)7-9/h2-7H,1H3. The van der Waals surface area contributed by atoms with Crippen molar-refractivity contribution in [1.29, 1.82) is 0 Å². The van der Waals surface area contributed by atoms with E-state index in [1.54, 1.807) is 24.3 Å². The third-order valence-corrected chi connectivity index (χ3v) is 2.41.